The van der Waals surface area contributed by atoms with Gasteiger partial charge in [0, 0.05) is 5.02 Å². The van der Waals surface area contributed by atoms with E-state index in [9.17, 15) is 14.7 Å². The Morgan fingerprint density at radius 3 is 2.61 bits per heavy atom. The predicted octanol–water partition coefficient (Wildman–Crippen LogP) is 3.07. The first-order valence-electron chi connectivity index (χ1n) is 6.62. The number of carbonyl (C=O) groups excluding carboxylic acids is 1. The summed E-state index contributed by atoms with van der Waals surface area (Å²) in [5.74, 6) is -1.57. The molecule has 0 radical (unpaired) electrons. The standard InChI is InChI=1S/C16H14ClNO5/c1-9-2-4-11(7-13(9)17)23-8-15(20)18-14-5-3-10(19)6-12(14)16(21)22/h2-7,19H,8H2,1H3,(H,18,20)(H,21,22). The quantitative estimate of drug-likeness (QED) is 0.730. The minimum atomic E-state index is -1.26. The lowest BCUT2D eigenvalue weighted by molar-refractivity contribution is -0.118. The summed E-state index contributed by atoms with van der Waals surface area (Å²) in [5.41, 5.74) is 0.751. The lowest BCUT2D eigenvalue weighted by Gasteiger charge is -2.10. The van der Waals surface area contributed by atoms with Gasteiger partial charge in [0.05, 0.1) is 11.3 Å². The first-order valence-corrected chi connectivity index (χ1v) is 6.99. The Morgan fingerprint density at radius 2 is 1.96 bits per heavy atom. The Labute approximate surface area is 137 Å². The van der Waals surface area contributed by atoms with Crippen LogP contribution in [0.3, 0.4) is 0 Å². The molecule has 0 spiro atoms. The molecule has 6 nitrogen and oxygen atoms in total. The zero-order chi connectivity index (χ0) is 17.0. The number of carboxylic acids is 1. The minimum absolute atomic E-state index is 0.0749. The zero-order valence-corrected chi connectivity index (χ0v) is 12.9. The van der Waals surface area contributed by atoms with Crippen LogP contribution in [0.2, 0.25) is 5.02 Å². The number of carboxylic acid groups (broad SMARTS) is 1. The van der Waals surface area contributed by atoms with Crippen molar-refractivity contribution in [2.45, 2.75) is 6.92 Å². The highest BCUT2D eigenvalue weighted by atomic mass is 35.5. The fourth-order valence-corrected chi connectivity index (χ4v) is 1.99. The second-order valence-electron chi connectivity index (χ2n) is 4.78. The highest BCUT2D eigenvalue weighted by molar-refractivity contribution is 6.31. The average Bonchev–Trinajstić information content (AvgIpc) is 2.50. The van der Waals surface area contributed by atoms with Crippen LogP contribution < -0.4 is 10.1 Å². The zero-order valence-electron chi connectivity index (χ0n) is 12.2. The number of carbonyl (C=O) groups is 2. The third kappa shape index (κ3) is 4.37. The van der Waals surface area contributed by atoms with Crippen LogP contribution in [0.5, 0.6) is 11.5 Å². The summed E-state index contributed by atoms with van der Waals surface area (Å²) < 4.78 is 5.31. The van der Waals surface area contributed by atoms with Crippen molar-refractivity contribution in [2.24, 2.45) is 0 Å². The number of phenolic OH excluding ortho intramolecular Hbond substituents is 1. The van der Waals surface area contributed by atoms with Crippen molar-refractivity contribution in [2.75, 3.05) is 11.9 Å². The number of hydrogen-bond acceptors (Lipinski definition) is 4. The summed E-state index contributed by atoms with van der Waals surface area (Å²) in [7, 11) is 0. The molecule has 0 bridgehead atoms. The Bertz CT molecular complexity index is 760. The van der Waals surface area contributed by atoms with E-state index in [0.29, 0.717) is 10.8 Å². The predicted molar refractivity (Wildman–Crippen MR) is 85.4 cm³/mol. The fraction of sp³-hybridized carbons (Fsp3) is 0.125. The lowest BCUT2D eigenvalue weighted by Crippen LogP contribution is -2.21. The highest BCUT2D eigenvalue weighted by Crippen LogP contribution is 2.23. The van der Waals surface area contributed by atoms with Gasteiger partial charge in [-0.05, 0) is 42.8 Å². The van der Waals surface area contributed by atoms with Crippen LogP contribution in [-0.2, 0) is 4.79 Å². The summed E-state index contributed by atoms with van der Waals surface area (Å²) in [6.45, 7) is 1.54. The molecule has 7 heteroatoms. The first-order chi connectivity index (χ1) is 10.9. The molecule has 0 atom stereocenters. The molecule has 0 heterocycles. The van der Waals surface area contributed by atoms with Gasteiger partial charge in [-0.15, -0.1) is 0 Å². The van der Waals surface area contributed by atoms with Crippen molar-refractivity contribution in [1.29, 1.82) is 0 Å². The number of benzene rings is 2. The Hall–Kier alpha value is -2.73. The molecule has 1 amide bonds. The number of amides is 1. The van der Waals surface area contributed by atoms with E-state index in [1.807, 2.05) is 6.92 Å². The highest BCUT2D eigenvalue weighted by Gasteiger charge is 2.14. The van der Waals surface area contributed by atoms with E-state index in [1.165, 1.54) is 12.1 Å². The molecule has 2 aromatic rings. The summed E-state index contributed by atoms with van der Waals surface area (Å²) in [6.07, 6.45) is 0. The third-order valence-electron chi connectivity index (χ3n) is 3.02. The van der Waals surface area contributed by atoms with Crippen LogP contribution in [-0.4, -0.2) is 28.7 Å². The van der Waals surface area contributed by atoms with E-state index in [1.54, 1.807) is 18.2 Å². The van der Waals surface area contributed by atoms with Gasteiger partial charge in [0.15, 0.2) is 6.61 Å². The van der Waals surface area contributed by atoms with Gasteiger partial charge in [0.1, 0.15) is 11.5 Å². The molecule has 0 aliphatic heterocycles. The number of hydrogen-bond donors (Lipinski definition) is 3. The maximum Gasteiger partial charge on any atom is 0.337 e. The molecular formula is C16H14ClNO5. The van der Waals surface area contributed by atoms with E-state index >= 15 is 0 Å². The molecule has 0 unspecified atom stereocenters. The topological polar surface area (TPSA) is 95.9 Å². The average molecular weight is 336 g/mol. The van der Waals surface area contributed by atoms with Gasteiger partial charge in [0.25, 0.3) is 5.91 Å². The largest absolute Gasteiger partial charge is 0.508 e. The molecule has 0 saturated carbocycles. The molecule has 0 aliphatic rings. The maximum absolute atomic E-state index is 11.9. The normalized spacial score (nSPS) is 10.2. The van der Waals surface area contributed by atoms with Gasteiger partial charge in [0.2, 0.25) is 0 Å². The van der Waals surface area contributed by atoms with E-state index in [2.05, 4.69) is 5.32 Å². The smallest absolute Gasteiger partial charge is 0.337 e. The molecule has 0 saturated heterocycles. The van der Waals surface area contributed by atoms with Crippen LogP contribution in [0, 0.1) is 6.92 Å². The van der Waals surface area contributed by atoms with Gasteiger partial charge in [-0.2, -0.15) is 0 Å². The molecular weight excluding hydrogens is 322 g/mol. The van der Waals surface area contributed by atoms with Crippen molar-refractivity contribution in [1.82, 2.24) is 0 Å². The van der Waals surface area contributed by atoms with E-state index in [0.717, 1.165) is 11.6 Å². The Kier molecular flexibility index (Phi) is 5.08. The summed E-state index contributed by atoms with van der Waals surface area (Å²) >= 11 is 5.96. The number of anilines is 1. The second-order valence-corrected chi connectivity index (χ2v) is 5.19. The number of aryl methyl sites for hydroxylation is 1. The SMILES string of the molecule is Cc1ccc(OCC(=O)Nc2ccc(O)cc2C(=O)O)cc1Cl. The molecule has 0 fully saturated rings. The van der Waals surface area contributed by atoms with Crippen molar-refractivity contribution in [3.8, 4) is 11.5 Å². The van der Waals surface area contributed by atoms with Crippen LogP contribution in [0.4, 0.5) is 5.69 Å². The molecule has 0 aromatic heterocycles. The fourth-order valence-electron chi connectivity index (χ4n) is 1.82. The molecule has 2 aromatic carbocycles. The summed E-state index contributed by atoms with van der Waals surface area (Å²) in [5, 5.41) is 21.3. The molecule has 120 valence electrons. The molecule has 23 heavy (non-hydrogen) atoms. The van der Waals surface area contributed by atoms with Crippen molar-refractivity contribution >= 4 is 29.2 Å². The second kappa shape index (κ2) is 7.02. The van der Waals surface area contributed by atoms with Crippen molar-refractivity contribution < 1.29 is 24.5 Å². The number of aromatic carboxylic acids is 1. The van der Waals surface area contributed by atoms with Crippen LogP contribution in [0.1, 0.15) is 15.9 Å². The number of rotatable bonds is 5. The van der Waals surface area contributed by atoms with Crippen LogP contribution in [0.15, 0.2) is 36.4 Å². The maximum atomic E-state index is 11.9. The first kappa shape index (κ1) is 16.6. The van der Waals surface area contributed by atoms with Gasteiger partial charge in [-0.25, -0.2) is 4.79 Å². The Balaban J connectivity index is 2.02. The van der Waals surface area contributed by atoms with Crippen LogP contribution in [0.25, 0.3) is 0 Å². The van der Waals surface area contributed by atoms with Gasteiger partial charge in [-0.3, -0.25) is 4.79 Å². The summed E-state index contributed by atoms with van der Waals surface area (Å²) in [6, 6.07) is 8.67. The summed E-state index contributed by atoms with van der Waals surface area (Å²) in [4.78, 5) is 23.0. The molecule has 2 rings (SSSR count). The number of nitrogens with one attached hydrogen (secondary N) is 1. The number of phenols is 1. The molecule has 0 aliphatic carbocycles. The van der Waals surface area contributed by atoms with Crippen molar-refractivity contribution in [3.63, 3.8) is 0 Å². The van der Waals surface area contributed by atoms with Gasteiger partial charge in [-0.1, -0.05) is 17.7 Å². The van der Waals surface area contributed by atoms with E-state index in [4.69, 9.17) is 21.4 Å². The van der Waals surface area contributed by atoms with Gasteiger partial charge >= 0.3 is 5.97 Å². The monoisotopic (exact) mass is 335 g/mol. The van der Waals surface area contributed by atoms with Gasteiger partial charge < -0.3 is 20.3 Å². The Morgan fingerprint density at radius 1 is 1.22 bits per heavy atom. The molecule has 3 N–H and O–H groups in total. The van der Waals surface area contributed by atoms with E-state index < -0.39 is 11.9 Å². The third-order valence-corrected chi connectivity index (χ3v) is 3.43. The van der Waals surface area contributed by atoms with E-state index in [-0.39, 0.29) is 23.6 Å². The number of aromatic hydroxyl groups is 1. The number of halogens is 1. The minimum Gasteiger partial charge on any atom is -0.508 e. The lowest BCUT2D eigenvalue weighted by atomic mass is 10.1. The van der Waals surface area contributed by atoms with Crippen molar-refractivity contribution in [3.05, 3.63) is 52.5 Å². The number of ether oxygens (including phenoxy) is 1. The van der Waals surface area contributed by atoms with Crippen LogP contribution >= 0.6 is 11.6 Å².